The van der Waals surface area contributed by atoms with Crippen LogP contribution in [0.2, 0.25) is 0 Å². The summed E-state index contributed by atoms with van der Waals surface area (Å²) in [5.41, 5.74) is 2.74. The molecule has 94 valence electrons. The van der Waals surface area contributed by atoms with E-state index in [0.717, 1.165) is 15.6 Å². The molecule has 1 N–H and O–H groups in total. The van der Waals surface area contributed by atoms with Crippen molar-refractivity contribution < 1.29 is 4.39 Å². The van der Waals surface area contributed by atoms with Gasteiger partial charge in [0.15, 0.2) is 0 Å². The maximum atomic E-state index is 13.8. The predicted octanol–water partition coefficient (Wildman–Crippen LogP) is 3.60. The van der Waals surface area contributed by atoms with E-state index in [2.05, 4.69) is 26.2 Å². The minimum atomic E-state index is -0.301. The van der Waals surface area contributed by atoms with Crippen molar-refractivity contribution in [2.24, 2.45) is 0 Å². The Labute approximate surface area is 114 Å². The average Bonchev–Trinajstić information content (AvgIpc) is 2.37. The Hall–Kier alpha value is -1.26. The van der Waals surface area contributed by atoms with Gasteiger partial charge in [-0.05, 0) is 31.2 Å². The molecule has 0 radical (unpaired) electrons. The number of hydrogen-bond donors (Lipinski definition) is 1. The molecule has 1 unspecified atom stereocenters. The summed E-state index contributed by atoms with van der Waals surface area (Å²) < 4.78 is 14.8. The van der Waals surface area contributed by atoms with E-state index in [9.17, 15) is 4.39 Å². The Morgan fingerprint density at radius 2 is 2.06 bits per heavy atom. The Balaban J connectivity index is 2.53. The SMILES string of the molecule is CNC(c1ccncc1F)c1cccc(C)c1Br. The molecule has 0 saturated heterocycles. The number of rotatable bonds is 3. The van der Waals surface area contributed by atoms with Crippen LogP contribution in [0.1, 0.15) is 22.7 Å². The van der Waals surface area contributed by atoms with Gasteiger partial charge in [0.2, 0.25) is 0 Å². The van der Waals surface area contributed by atoms with Gasteiger partial charge in [-0.1, -0.05) is 34.1 Å². The smallest absolute Gasteiger partial charge is 0.146 e. The lowest BCUT2D eigenvalue weighted by molar-refractivity contribution is 0.570. The van der Waals surface area contributed by atoms with Crippen LogP contribution >= 0.6 is 15.9 Å². The fraction of sp³-hybridized carbons (Fsp3) is 0.214. The lowest BCUT2D eigenvalue weighted by Crippen LogP contribution is -2.19. The van der Waals surface area contributed by atoms with Crippen molar-refractivity contribution in [3.8, 4) is 0 Å². The highest BCUT2D eigenvalue weighted by molar-refractivity contribution is 9.10. The topological polar surface area (TPSA) is 24.9 Å². The Kier molecular flexibility index (Phi) is 4.09. The monoisotopic (exact) mass is 308 g/mol. The number of nitrogens with one attached hydrogen (secondary N) is 1. The third kappa shape index (κ3) is 2.44. The van der Waals surface area contributed by atoms with E-state index in [0.29, 0.717) is 5.56 Å². The minimum Gasteiger partial charge on any atom is -0.309 e. The number of benzene rings is 1. The lowest BCUT2D eigenvalue weighted by atomic mass is 9.98. The summed E-state index contributed by atoms with van der Waals surface area (Å²) in [7, 11) is 1.82. The molecular formula is C14H14BrFN2. The van der Waals surface area contributed by atoms with Crippen molar-refractivity contribution in [3.63, 3.8) is 0 Å². The summed E-state index contributed by atoms with van der Waals surface area (Å²) >= 11 is 3.57. The van der Waals surface area contributed by atoms with Gasteiger partial charge in [-0.3, -0.25) is 4.98 Å². The normalized spacial score (nSPS) is 12.4. The molecule has 0 aliphatic carbocycles. The molecule has 0 fully saturated rings. The molecule has 1 aromatic heterocycles. The molecule has 0 amide bonds. The molecule has 4 heteroatoms. The third-order valence-electron chi connectivity index (χ3n) is 2.94. The lowest BCUT2D eigenvalue weighted by Gasteiger charge is -2.20. The number of aryl methyl sites for hydroxylation is 1. The molecule has 1 aromatic carbocycles. The second-order valence-electron chi connectivity index (χ2n) is 4.10. The maximum Gasteiger partial charge on any atom is 0.146 e. The standard InChI is InChI=1S/C14H14BrFN2/c1-9-4-3-5-11(13(9)15)14(17-2)10-6-7-18-8-12(10)16/h3-8,14,17H,1-2H3. The number of hydrogen-bond acceptors (Lipinski definition) is 2. The van der Waals surface area contributed by atoms with Crippen LogP contribution in [0.25, 0.3) is 0 Å². The molecular weight excluding hydrogens is 295 g/mol. The summed E-state index contributed by atoms with van der Waals surface area (Å²) in [6, 6.07) is 7.48. The average molecular weight is 309 g/mol. The van der Waals surface area contributed by atoms with Gasteiger partial charge in [-0.25, -0.2) is 4.39 Å². The predicted molar refractivity (Wildman–Crippen MR) is 74.0 cm³/mol. The van der Waals surface area contributed by atoms with Gasteiger partial charge in [0.05, 0.1) is 12.2 Å². The molecule has 1 atom stereocenters. The van der Waals surface area contributed by atoms with E-state index in [1.165, 1.54) is 6.20 Å². The first-order valence-corrected chi connectivity index (χ1v) is 6.46. The summed E-state index contributed by atoms with van der Waals surface area (Å²) in [5.74, 6) is -0.301. The van der Waals surface area contributed by atoms with Crippen LogP contribution in [0.15, 0.2) is 41.1 Å². The van der Waals surface area contributed by atoms with Gasteiger partial charge in [-0.15, -0.1) is 0 Å². The highest BCUT2D eigenvalue weighted by Gasteiger charge is 2.18. The van der Waals surface area contributed by atoms with E-state index >= 15 is 0 Å². The number of pyridine rings is 1. The van der Waals surface area contributed by atoms with Crippen LogP contribution in [0.5, 0.6) is 0 Å². The van der Waals surface area contributed by atoms with Gasteiger partial charge in [-0.2, -0.15) is 0 Å². The zero-order valence-corrected chi connectivity index (χ0v) is 11.8. The first kappa shape index (κ1) is 13.2. The van der Waals surface area contributed by atoms with Crippen LogP contribution in [0, 0.1) is 12.7 Å². The summed E-state index contributed by atoms with van der Waals surface area (Å²) in [6.45, 7) is 2.02. The van der Waals surface area contributed by atoms with Crippen LogP contribution in [-0.4, -0.2) is 12.0 Å². The van der Waals surface area contributed by atoms with Crippen molar-refractivity contribution in [1.29, 1.82) is 0 Å². The molecule has 0 spiro atoms. The molecule has 2 aromatic rings. The van der Waals surface area contributed by atoms with Gasteiger partial charge in [0.25, 0.3) is 0 Å². The largest absolute Gasteiger partial charge is 0.309 e. The number of aromatic nitrogens is 1. The first-order chi connectivity index (χ1) is 8.65. The molecule has 0 aliphatic rings. The summed E-state index contributed by atoms with van der Waals surface area (Å²) in [5, 5.41) is 3.15. The van der Waals surface area contributed by atoms with Crippen molar-refractivity contribution in [3.05, 3.63) is 63.6 Å². The molecule has 0 saturated carbocycles. The van der Waals surface area contributed by atoms with Crippen LogP contribution in [0.3, 0.4) is 0 Å². The highest BCUT2D eigenvalue weighted by atomic mass is 79.9. The van der Waals surface area contributed by atoms with E-state index < -0.39 is 0 Å². The van der Waals surface area contributed by atoms with Gasteiger partial charge in [0.1, 0.15) is 5.82 Å². The highest BCUT2D eigenvalue weighted by Crippen LogP contribution is 2.31. The van der Waals surface area contributed by atoms with E-state index in [-0.39, 0.29) is 11.9 Å². The molecule has 2 rings (SSSR count). The van der Waals surface area contributed by atoms with Crippen molar-refractivity contribution in [2.45, 2.75) is 13.0 Å². The second kappa shape index (κ2) is 5.59. The quantitative estimate of drug-likeness (QED) is 0.937. The molecule has 2 nitrogen and oxygen atoms in total. The Morgan fingerprint density at radius 1 is 1.28 bits per heavy atom. The van der Waals surface area contributed by atoms with Crippen molar-refractivity contribution in [1.82, 2.24) is 10.3 Å². The Morgan fingerprint density at radius 3 is 2.72 bits per heavy atom. The number of nitrogens with zero attached hydrogens (tertiary/aromatic N) is 1. The van der Waals surface area contributed by atoms with Crippen molar-refractivity contribution in [2.75, 3.05) is 7.05 Å². The van der Waals surface area contributed by atoms with Gasteiger partial charge in [0, 0.05) is 16.2 Å². The summed E-state index contributed by atoms with van der Waals surface area (Å²) in [4.78, 5) is 3.78. The first-order valence-electron chi connectivity index (χ1n) is 5.67. The van der Waals surface area contributed by atoms with Gasteiger partial charge >= 0.3 is 0 Å². The minimum absolute atomic E-state index is 0.192. The molecule has 18 heavy (non-hydrogen) atoms. The fourth-order valence-corrected chi connectivity index (χ4v) is 2.48. The molecule has 0 bridgehead atoms. The van der Waals surface area contributed by atoms with E-state index in [1.54, 1.807) is 12.3 Å². The zero-order chi connectivity index (χ0) is 13.1. The van der Waals surface area contributed by atoms with E-state index in [1.807, 2.05) is 32.2 Å². The van der Waals surface area contributed by atoms with Gasteiger partial charge < -0.3 is 5.32 Å². The summed E-state index contributed by atoms with van der Waals surface area (Å²) in [6.07, 6.45) is 2.84. The van der Waals surface area contributed by atoms with E-state index in [4.69, 9.17) is 0 Å². The molecule has 1 heterocycles. The zero-order valence-electron chi connectivity index (χ0n) is 10.2. The van der Waals surface area contributed by atoms with Crippen LogP contribution in [-0.2, 0) is 0 Å². The maximum absolute atomic E-state index is 13.8. The van der Waals surface area contributed by atoms with Crippen LogP contribution in [0.4, 0.5) is 4.39 Å². The number of halogens is 2. The van der Waals surface area contributed by atoms with Crippen molar-refractivity contribution >= 4 is 15.9 Å². The molecule has 0 aliphatic heterocycles. The second-order valence-corrected chi connectivity index (χ2v) is 4.89. The Bertz CT molecular complexity index is 557. The van der Waals surface area contributed by atoms with Crippen LogP contribution < -0.4 is 5.32 Å². The fourth-order valence-electron chi connectivity index (χ4n) is 1.99. The third-order valence-corrected chi connectivity index (χ3v) is 4.02.